The minimum Gasteiger partial charge on any atom is -0.423 e. The van der Waals surface area contributed by atoms with Crippen LogP contribution in [0.5, 0.6) is 5.75 Å². The maximum Gasteiger partial charge on any atom is 0.343 e. The molecule has 0 aliphatic carbocycles. The van der Waals surface area contributed by atoms with Crippen molar-refractivity contribution in [3.63, 3.8) is 0 Å². The number of nitrogens with zero attached hydrogens (tertiary/aromatic N) is 2. The maximum absolute atomic E-state index is 11.9. The first-order chi connectivity index (χ1) is 9.60. The standard InChI is InChI=1S/C14H8N2O4/c15-9-10-3-1-6-13(7-10)20-14(17)11-4-2-5-12(8-11)16(18)19/h1-8H. The van der Waals surface area contributed by atoms with Crippen LogP contribution >= 0.6 is 0 Å². The van der Waals surface area contributed by atoms with Gasteiger partial charge in [-0.05, 0) is 24.3 Å². The highest BCUT2D eigenvalue weighted by Gasteiger charge is 2.13. The molecule has 0 atom stereocenters. The first-order valence-corrected chi connectivity index (χ1v) is 5.57. The molecule has 0 aromatic heterocycles. The predicted molar refractivity (Wildman–Crippen MR) is 69.2 cm³/mol. The smallest absolute Gasteiger partial charge is 0.343 e. The average molecular weight is 268 g/mol. The molecular weight excluding hydrogens is 260 g/mol. The second kappa shape index (κ2) is 5.63. The fourth-order valence-electron chi connectivity index (χ4n) is 1.54. The van der Waals surface area contributed by atoms with Crippen molar-refractivity contribution in [3.8, 4) is 11.8 Å². The van der Waals surface area contributed by atoms with Gasteiger partial charge >= 0.3 is 5.97 Å². The van der Waals surface area contributed by atoms with E-state index in [9.17, 15) is 14.9 Å². The molecule has 0 bridgehead atoms. The molecule has 0 aliphatic heterocycles. The van der Waals surface area contributed by atoms with Crippen molar-refractivity contribution in [1.29, 1.82) is 5.26 Å². The highest BCUT2D eigenvalue weighted by atomic mass is 16.6. The lowest BCUT2D eigenvalue weighted by atomic mass is 10.2. The van der Waals surface area contributed by atoms with Crippen LogP contribution < -0.4 is 4.74 Å². The number of esters is 1. The Labute approximate surface area is 114 Å². The predicted octanol–water partition coefficient (Wildman–Crippen LogP) is 2.69. The number of hydrogen-bond acceptors (Lipinski definition) is 5. The van der Waals surface area contributed by atoms with E-state index in [-0.39, 0.29) is 17.0 Å². The molecule has 2 aromatic carbocycles. The lowest BCUT2D eigenvalue weighted by Crippen LogP contribution is -2.08. The summed E-state index contributed by atoms with van der Waals surface area (Å²) in [6, 6.07) is 13.3. The van der Waals surface area contributed by atoms with Gasteiger partial charge in [-0.1, -0.05) is 12.1 Å². The quantitative estimate of drug-likeness (QED) is 0.369. The van der Waals surface area contributed by atoms with E-state index in [1.165, 1.54) is 30.3 Å². The number of ether oxygens (including phenoxy) is 1. The van der Waals surface area contributed by atoms with Gasteiger partial charge in [0.25, 0.3) is 5.69 Å². The maximum atomic E-state index is 11.9. The van der Waals surface area contributed by atoms with Crippen molar-refractivity contribution in [1.82, 2.24) is 0 Å². The van der Waals surface area contributed by atoms with Crippen molar-refractivity contribution in [2.75, 3.05) is 0 Å². The summed E-state index contributed by atoms with van der Waals surface area (Å²) in [6.45, 7) is 0. The summed E-state index contributed by atoms with van der Waals surface area (Å²) in [5.74, 6) is -0.510. The molecule has 20 heavy (non-hydrogen) atoms. The van der Waals surface area contributed by atoms with E-state index < -0.39 is 10.9 Å². The third-order valence-electron chi connectivity index (χ3n) is 2.47. The van der Waals surface area contributed by atoms with Crippen molar-refractivity contribution < 1.29 is 14.5 Å². The van der Waals surface area contributed by atoms with Gasteiger partial charge < -0.3 is 4.74 Å². The molecule has 0 saturated heterocycles. The minimum atomic E-state index is -0.719. The van der Waals surface area contributed by atoms with Crippen LogP contribution in [0.3, 0.4) is 0 Å². The van der Waals surface area contributed by atoms with Gasteiger partial charge in [-0.15, -0.1) is 0 Å². The van der Waals surface area contributed by atoms with Crippen LogP contribution in [0.2, 0.25) is 0 Å². The average Bonchev–Trinajstić information content (AvgIpc) is 2.47. The van der Waals surface area contributed by atoms with E-state index >= 15 is 0 Å². The molecule has 0 N–H and O–H groups in total. The second-order valence-corrected chi connectivity index (χ2v) is 3.84. The van der Waals surface area contributed by atoms with E-state index in [0.29, 0.717) is 5.56 Å². The molecule has 0 amide bonds. The number of hydrogen-bond donors (Lipinski definition) is 0. The molecule has 0 saturated carbocycles. The summed E-state index contributed by atoms with van der Waals surface area (Å²) in [5.41, 5.74) is 0.237. The molecule has 2 aromatic rings. The lowest BCUT2D eigenvalue weighted by molar-refractivity contribution is -0.384. The molecule has 0 aliphatic rings. The lowest BCUT2D eigenvalue weighted by Gasteiger charge is -2.04. The summed E-state index contributed by atoms with van der Waals surface area (Å²) in [4.78, 5) is 21.9. The van der Waals surface area contributed by atoms with Gasteiger partial charge in [0.2, 0.25) is 0 Å². The number of benzene rings is 2. The zero-order chi connectivity index (χ0) is 14.5. The van der Waals surface area contributed by atoms with Gasteiger partial charge in [0.05, 0.1) is 22.1 Å². The van der Waals surface area contributed by atoms with Crippen LogP contribution in [-0.4, -0.2) is 10.9 Å². The van der Waals surface area contributed by atoms with Crippen LogP contribution in [0.1, 0.15) is 15.9 Å². The number of nitro groups is 1. The van der Waals surface area contributed by atoms with Crippen LogP contribution in [0, 0.1) is 21.4 Å². The molecule has 0 unspecified atom stereocenters. The van der Waals surface area contributed by atoms with E-state index in [1.807, 2.05) is 6.07 Å². The Kier molecular flexibility index (Phi) is 3.72. The zero-order valence-corrected chi connectivity index (χ0v) is 10.1. The molecule has 6 nitrogen and oxygen atoms in total. The number of carbonyl (C=O) groups is 1. The summed E-state index contributed by atoms with van der Waals surface area (Å²) in [6.07, 6.45) is 0. The molecule has 6 heteroatoms. The van der Waals surface area contributed by atoms with Crippen LogP contribution in [0.15, 0.2) is 48.5 Å². The molecule has 2 rings (SSSR count). The summed E-state index contributed by atoms with van der Waals surface area (Å²) >= 11 is 0. The highest BCUT2D eigenvalue weighted by molar-refractivity contribution is 5.91. The number of nitriles is 1. The summed E-state index contributed by atoms with van der Waals surface area (Å²) in [7, 11) is 0. The number of rotatable bonds is 3. The second-order valence-electron chi connectivity index (χ2n) is 3.84. The van der Waals surface area contributed by atoms with Crippen LogP contribution in [0.25, 0.3) is 0 Å². The van der Waals surface area contributed by atoms with Crippen LogP contribution in [0.4, 0.5) is 5.69 Å². The van der Waals surface area contributed by atoms with E-state index in [0.717, 1.165) is 6.07 Å². The third kappa shape index (κ3) is 2.97. The molecule has 98 valence electrons. The summed E-state index contributed by atoms with van der Waals surface area (Å²) in [5, 5.41) is 19.4. The fourth-order valence-corrected chi connectivity index (χ4v) is 1.54. The molecule has 0 radical (unpaired) electrons. The van der Waals surface area contributed by atoms with Crippen molar-refractivity contribution in [3.05, 3.63) is 69.8 Å². The van der Waals surface area contributed by atoms with Gasteiger partial charge in [-0.3, -0.25) is 10.1 Å². The van der Waals surface area contributed by atoms with Crippen molar-refractivity contribution in [2.45, 2.75) is 0 Å². The van der Waals surface area contributed by atoms with Crippen molar-refractivity contribution in [2.24, 2.45) is 0 Å². The molecule has 0 spiro atoms. The topological polar surface area (TPSA) is 93.2 Å². The fraction of sp³-hybridized carbons (Fsp3) is 0. The Morgan fingerprint density at radius 1 is 1.20 bits per heavy atom. The molecule has 0 fully saturated rings. The Bertz CT molecular complexity index is 719. The molecular formula is C14H8N2O4. The Morgan fingerprint density at radius 3 is 2.65 bits per heavy atom. The van der Waals surface area contributed by atoms with E-state index in [1.54, 1.807) is 12.1 Å². The first kappa shape index (κ1) is 13.2. The van der Waals surface area contributed by atoms with E-state index in [4.69, 9.17) is 10.00 Å². The third-order valence-corrected chi connectivity index (χ3v) is 2.47. The SMILES string of the molecule is N#Cc1cccc(OC(=O)c2cccc([N+](=O)[O-])c2)c1. The molecule has 0 heterocycles. The van der Waals surface area contributed by atoms with Gasteiger partial charge in [0, 0.05) is 12.1 Å². The van der Waals surface area contributed by atoms with E-state index in [2.05, 4.69) is 0 Å². The number of nitro benzene ring substituents is 1. The summed E-state index contributed by atoms with van der Waals surface area (Å²) < 4.78 is 5.07. The Balaban J connectivity index is 2.22. The largest absolute Gasteiger partial charge is 0.423 e. The monoisotopic (exact) mass is 268 g/mol. The van der Waals surface area contributed by atoms with Gasteiger partial charge in [0.1, 0.15) is 5.75 Å². The van der Waals surface area contributed by atoms with Gasteiger partial charge in [-0.2, -0.15) is 5.26 Å². The van der Waals surface area contributed by atoms with Gasteiger partial charge in [-0.25, -0.2) is 4.79 Å². The Morgan fingerprint density at radius 2 is 1.95 bits per heavy atom. The van der Waals surface area contributed by atoms with Crippen LogP contribution in [-0.2, 0) is 0 Å². The first-order valence-electron chi connectivity index (χ1n) is 5.57. The van der Waals surface area contributed by atoms with Crippen molar-refractivity contribution >= 4 is 11.7 Å². The highest BCUT2D eigenvalue weighted by Crippen LogP contribution is 2.17. The Hall–Kier alpha value is -3.20. The van der Waals surface area contributed by atoms with Gasteiger partial charge in [0.15, 0.2) is 0 Å². The normalized spacial score (nSPS) is 9.55. The number of non-ortho nitro benzene ring substituents is 1. The number of carbonyl (C=O) groups excluding carboxylic acids is 1. The minimum absolute atomic E-state index is 0.0709. The zero-order valence-electron chi connectivity index (χ0n) is 10.1.